The number of halogens is 1. The monoisotopic (exact) mass is 282 g/mol. The molecule has 0 unspecified atom stereocenters. The van der Waals surface area contributed by atoms with Crippen molar-refractivity contribution in [2.75, 3.05) is 6.54 Å². The lowest BCUT2D eigenvalue weighted by molar-refractivity contribution is 0.454. The molecule has 0 atom stereocenters. The Bertz CT molecular complexity index is 488. The van der Waals surface area contributed by atoms with E-state index < -0.39 is 0 Å². The molecule has 0 aliphatic carbocycles. The Morgan fingerprint density at radius 2 is 2.33 bits per heavy atom. The molecule has 96 valence electrons. The van der Waals surface area contributed by atoms with E-state index in [-0.39, 0.29) is 0 Å². The summed E-state index contributed by atoms with van der Waals surface area (Å²) in [5.74, 6) is 0. The Morgan fingerprint density at radius 3 is 3.06 bits per heavy atom. The maximum Gasteiger partial charge on any atom is 0.260 e. The summed E-state index contributed by atoms with van der Waals surface area (Å²) in [4.78, 5) is 5.19. The molecule has 1 N–H and O–H groups in total. The molecular weight excluding hydrogens is 268 g/mol. The van der Waals surface area contributed by atoms with Crippen molar-refractivity contribution in [2.24, 2.45) is 0 Å². The first-order chi connectivity index (χ1) is 8.81. The number of nitrogens with one attached hydrogen (secondary N) is 1. The number of rotatable bonds is 6. The second kappa shape index (κ2) is 6.83. The Hall–Kier alpha value is -0.970. The zero-order chi connectivity index (χ0) is 12.8. The normalized spacial score (nSPS) is 10.8. The standard InChI is InChI=1S/C13H15ClN2OS/c1-2-6-15-9-10-11(14)4-3-5-12(10)18-13-16-7-8-17-13/h3-5,7-8,15H,2,6,9H2,1H3. The van der Waals surface area contributed by atoms with Crippen LogP contribution < -0.4 is 5.32 Å². The Labute approximate surface area is 116 Å². The van der Waals surface area contributed by atoms with Crippen molar-refractivity contribution in [2.45, 2.75) is 30.0 Å². The van der Waals surface area contributed by atoms with Gasteiger partial charge in [0.25, 0.3) is 5.22 Å². The molecule has 2 aromatic rings. The molecule has 2 rings (SSSR count). The Kier molecular flexibility index (Phi) is 5.11. The van der Waals surface area contributed by atoms with Crippen molar-refractivity contribution >= 4 is 23.4 Å². The summed E-state index contributed by atoms with van der Waals surface area (Å²) < 4.78 is 5.25. The molecule has 1 aromatic heterocycles. The fourth-order valence-electron chi connectivity index (χ4n) is 1.55. The van der Waals surface area contributed by atoms with Gasteiger partial charge in [0, 0.05) is 16.5 Å². The van der Waals surface area contributed by atoms with Crippen molar-refractivity contribution in [1.29, 1.82) is 0 Å². The summed E-state index contributed by atoms with van der Waals surface area (Å²) >= 11 is 7.74. The van der Waals surface area contributed by atoms with Gasteiger partial charge >= 0.3 is 0 Å². The summed E-state index contributed by atoms with van der Waals surface area (Å²) in [6, 6.07) is 5.88. The van der Waals surface area contributed by atoms with Crippen molar-refractivity contribution in [3.05, 3.63) is 41.2 Å². The van der Waals surface area contributed by atoms with Gasteiger partial charge in [0.1, 0.15) is 6.26 Å². The van der Waals surface area contributed by atoms with E-state index in [0.717, 1.165) is 35.0 Å². The first kappa shape index (κ1) is 13.5. The molecule has 0 radical (unpaired) electrons. The molecule has 5 heteroatoms. The van der Waals surface area contributed by atoms with Gasteiger partial charge in [0.05, 0.1) is 6.20 Å². The minimum atomic E-state index is 0.633. The SMILES string of the molecule is CCCNCc1c(Cl)cccc1Sc1ncco1. The molecule has 0 aliphatic rings. The predicted octanol–water partition coefficient (Wildman–Crippen LogP) is 3.98. The zero-order valence-corrected chi connectivity index (χ0v) is 11.7. The van der Waals surface area contributed by atoms with Crippen molar-refractivity contribution in [3.63, 3.8) is 0 Å². The smallest absolute Gasteiger partial charge is 0.260 e. The first-order valence-electron chi connectivity index (χ1n) is 5.86. The number of nitrogens with zero attached hydrogens (tertiary/aromatic N) is 1. The summed E-state index contributed by atoms with van der Waals surface area (Å²) in [5.41, 5.74) is 1.09. The summed E-state index contributed by atoms with van der Waals surface area (Å²) in [7, 11) is 0. The molecule has 0 aliphatic heterocycles. The van der Waals surface area contributed by atoms with Crippen LogP contribution in [0.1, 0.15) is 18.9 Å². The molecule has 1 aromatic carbocycles. The minimum absolute atomic E-state index is 0.633. The van der Waals surface area contributed by atoms with E-state index in [4.69, 9.17) is 16.0 Å². The fourth-order valence-corrected chi connectivity index (χ4v) is 2.71. The molecule has 18 heavy (non-hydrogen) atoms. The Balaban J connectivity index is 2.15. The summed E-state index contributed by atoms with van der Waals surface area (Å²) in [5, 5.41) is 4.77. The van der Waals surface area contributed by atoms with E-state index in [1.165, 1.54) is 11.8 Å². The number of oxazole rings is 1. The van der Waals surface area contributed by atoms with Crippen LogP contribution in [0.4, 0.5) is 0 Å². The van der Waals surface area contributed by atoms with Crippen molar-refractivity contribution in [3.8, 4) is 0 Å². The molecule has 0 fully saturated rings. The van der Waals surface area contributed by atoms with Crippen LogP contribution in [0, 0.1) is 0 Å². The average Bonchev–Trinajstić information content (AvgIpc) is 2.86. The number of hydrogen-bond donors (Lipinski definition) is 1. The minimum Gasteiger partial charge on any atom is -0.440 e. The third kappa shape index (κ3) is 3.51. The molecular formula is C13H15ClN2OS. The number of aromatic nitrogens is 1. The van der Waals surface area contributed by atoms with Gasteiger partial charge in [-0.3, -0.25) is 0 Å². The predicted molar refractivity (Wildman–Crippen MR) is 74.1 cm³/mol. The average molecular weight is 283 g/mol. The van der Waals surface area contributed by atoms with Crippen LogP contribution in [0.2, 0.25) is 5.02 Å². The van der Waals surface area contributed by atoms with Crippen LogP contribution in [-0.4, -0.2) is 11.5 Å². The number of hydrogen-bond acceptors (Lipinski definition) is 4. The van der Waals surface area contributed by atoms with Crippen LogP contribution in [-0.2, 0) is 6.54 Å². The lowest BCUT2D eigenvalue weighted by Crippen LogP contribution is -2.14. The van der Waals surface area contributed by atoms with Crippen LogP contribution in [0.3, 0.4) is 0 Å². The molecule has 0 bridgehead atoms. The maximum absolute atomic E-state index is 6.24. The van der Waals surface area contributed by atoms with E-state index in [1.54, 1.807) is 12.5 Å². The van der Waals surface area contributed by atoms with Crippen LogP contribution in [0.15, 0.2) is 45.2 Å². The quantitative estimate of drug-likeness (QED) is 0.814. The van der Waals surface area contributed by atoms with Crippen LogP contribution in [0.5, 0.6) is 0 Å². The van der Waals surface area contributed by atoms with Gasteiger partial charge in [0.15, 0.2) is 0 Å². The van der Waals surface area contributed by atoms with E-state index in [0.29, 0.717) is 5.22 Å². The van der Waals surface area contributed by atoms with Gasteiger partial charge < -0.3 is 9.73 Å². The highest BCUT2D eigenvalue weighted by Gasteiger charge is 2.10. The molecule has 0 saturated heterocycles. The fraction of sp³-hybridized carbons (Fsp3) is 0.308. The zero-order valence-electron chi connectivity index (χ0n) is 10.1. The van der Waals surface area contributed by atoms with Crippen LogP contribution >= 0.6 is 23.4 Å². The maximum atomic E-state index is 6.24. The number of benzene rings is 1. The highest BCUT2D eigenvalue weighted by Crippen LogP contribution is 2.32. The summed E-state index contributed by atoms with van der Waals surface area (Å²) in [6.07, 6.45) is 4.32. The van der Waals surface area contributed by atoms with Crippen LogP contribution in [0.25, 0.3) is 0 Å². The van der Waals surface area contributed by atoms with Gasteiger partial charge in [-0.1, -0.05) is 24.6 Å². The third-order valence-electron chi connectivity index (χ3n) is 2.41. The van der Waals surface area contributed by atoms with Gasteiger partial charge in [0.2, 0.25) is 0 Å². The highest BCUT2D eigenvalue weighted by atomic mass is 35.5. The Morgan fingerprint density at radius 1 is 1.44 bits per heavy atom. The highest BCUT2D eigenvalue weighted by molar-refractivity contribution is 7.99. The lowest BCUT2D eigenvalue weighted by Gasteiger charge is -2.10. The van der Waals surface area contributed by atoms with Gasteiger partial charge in [-0.05, 0) is 42.4 Å². The molecule has 0 amide bonds. The molecule has 1 heterocycles. The molecule has 0 saturated carbocycles. The van der Waals surface area contributed by atoms with Gasteiger partial charge in [-0.25, -0.2) is 4.98 Å². The largest absolute Gasteiger partial charge is 0.440 e. The second-order valence-corrected chi connectivity index (χ2v) is 5.19. The van der Waals surface area contributed by atoms with E-state index >= 15 is 0 Å². The summed E-state index contributed by atoms with van der Waals surface area (Å²) in [6.45, 7) is 3.88. The molecule has 3 nitrogen and oxygen atoms in total. The lowest BCUT2D eigenvalue weighted by atomic mass is 10.2. The van der Waals surface area contributed by atoms with Crippen molar-refractivity contribution < 1.29 is 4.42 Å². The topological polar surface area (TPSA) is 38.1 Å². The van der Waals surface area contributed by atoms with Gasteiger partial charge in [-0.15, -0.1) is 0 Å². The van der Waals surface area contributed by atoms with E-state index in [9.17, 15) is 0 Å². The third-order valence-corrected chi connectivity index (χ3v) is 3.74. The molecule has 0 spiro atoms. The van der Waals surface area contributed by atoms with E-state index in [2.05, 4.69) is 17.2 Å². The van der Waals surface area contributed by atoms with Crippen molar-refractivity contribution in [1.82, 2.24) is 10.3 Å². The van der Waals surface area contributed by atoms with Gasteiger partial charge in [-0.2, -0.15) is 0 Å². The second-order valence-electron chi connectivity index (χ2n) is 3.79. The first-order valence-corrected chi connectivity index (χ1v) is 7.06. The van der Waals surface area contributed by atoms with E-state index in [1.807, 2.05) is 18.2 Å².